The molecular weight excluding hydrogens is 444 g/mol. The molecule has 0 aliphatic rings. The molecule has 1 aromatic heterocycles. The minimum atomic E-state index is -0.604. The van der Waals surface area contributed by atoms with Crippen LogP contribution < -0.4 is 20.3 Å². The molecule has 0 bridgehead atoms. The highest BCUT2D eigenvalue weighted by Crippen LogP contribution is 2.35. The molecule has 3 aromatic rings. The number of ether oxygens (including phenoxy) is 2. The molecule has 1 heterocycles. The minimum Gasteiger partial charge on any atom is -0.495 e. The molecule has 0 saturated heterocycles. The van der Waals surface area contributed by atoms with Gasteiger partial charge >= 0.3 is 12.0 Å². The van der Waals surface area contributed by atoms with E-state index >= 15 is 0 Å². The van der Waals surface area contributed by atoms with Gasteiger partial charge in [-0.15, -0.1) is 11.3 Å². The fraction of sp³-hybridized carbons (Fsp3) is 0.217. The van der Waals surface area contributed by atoms with Crippen molar-refractivity contribution in [3.63, 3.8) is 0 Å². The van der Waals surface area contributed by atoms with E-state index in [4.69, 9.17) is 9.47 Å². The summed E-state index contributed by atoms with van der Waals surface area (Å²) in [5, 5.41) is 7.25. The maximum absolute atomic E-state index is 12.3. The summed E-state index contributed by atoms with van der Waals surface area (Å²) in [5.41, 5.74) is 2.00. The van der Waals surface area contributed by atoms with Crippen LogP contribution >= 0.6 is 11.3 Å². The molecule has 2 aromatic carbocycles. The average molecular weight is 469 g/mol. The Kier molecular flexibility index (Phi) is 8.36. The Hall–Kier alpha value is -3.92. The lowest BCUT2D eigenvalue weighted by Crippen LogP contribution is -2.38. The largest absolute Gasteiger partial charge is 0.495 e. The van der Waals surface area contributed by atoms with Gasteiger partial charge in [-0.2, -0.15) is 0 Å². The summed E-state index contributed by atoms with van der Waals surface area (Å²) < 4.78 is 10.5. The van der Waals surface area contributed by atoms with Gasteiger partial charge in [0.2, 0.25) is 5.91 Å². The first-order chi connectivity index (χ1) is 16.0. The summed E-state index contributed by atoms with van der Waals surface area (Å²) in [7, 11) is 1.53. The minimum absolute atomic E-state index is 0.0830. The number of carbonyl (C=O) groups excluding carboxylic acids is 3. The number of hydrogen-bond acceptors (Lipinski definition) is 7. The summed E-state index contributed by atoms with van der Waals surface area (Å²) >= 11 is 1.24. The van der Waals surface area contributed by atoms with E-state index in [0.29, 0.717) is 28.8 Å². The van der Waals surface area contributed by atoms with Crippen molar-refractivity contribution in [2.75, 3.05) is 18.6 Å². The summed E-state index contributed by atoms with van der Waals surface area (Å²) in [6, 6.07) is 16.1. The number of nitrogens with one attached hydrogen (secondary N) is 2. The monoisotopic (exact) mass is 468 g/mol. The van der Waals surface area contributed by atoms with Crippen LogP contribution in [0.5, 0.6) is 5.75 Å². The fourth-order valence-electron chi connectivity index (χ4n) is 2.89. The first-order valence-corrected chi connectivity index (χ1v) is 10.9. The number of methoxy groups -OCH3 is 1. The van der Waals surface area contributed by atoms with Gasteiger partial charge in [-0.25, -0.2) is 9.78 Å². The number of nitrogens with zero attached hydrogens (tertiary/aromatic N) is 2. The molecule has 172 valence electrons. The molecule has 10 heteroatoms. The van der Waals surface area contributed by atoms with E-state index in [-0.39, 0.29) is 19.1 Å². The topological polar surface area (TPSA) is 110 Å². The predicted molar refractivity (Wildman–Crippen MR) is 124 cm³/mol. The van der Waals surface area contributed by atoms with Crippen LogP contribution in [-0.2, 0) is 27.5 Å². The third-order valence-electron chi connectivity index (χ3n) is 4.44. The second kappa shape index (κ2) is 11.6. The molecule has 0 aliphatic carbocycles. The summed E-state index contributed by atoms with van der Waals surface area (Å²) in [6.07, 6.45) is 0. The molecule has 0 spiro atoms. The molecule has 3 amide bonds. The summed E-state index contributed by atoms with van der Waals surface area (Å²) in [6.45, 7) is 1.42. The molecule has 3 rings (SSSR count). The average Bonchev–Trinajstić information content (AvgIpc) is 3.29. The van der Waals surface area contributed by atoms with Gasteiger partial charge < -0.3 is 20.1 Å². The number of hydrogen-bond donors (Lipinski definition) is 2. The quantitative estimate of drug-likeness (QED) is 0.466. The maximum atomic E-state index is 12.3. The number of esters is 1. The van der Waals surface area contributed by atoms with Crippen molar-refractivity contribution in [1.82, 2.24) is 15.6 Å². The zero-order chi connectivity index (χ0) is 23.6. The highest BCUT2D eigenvalue weighted by molar-refractivity contribution is 7.14. The van der Waals surface area contributed by atoms with E-state index in [9.17, 15) is 14.4 Å². The maximum Gasteiger partial charge on any atom is 0.325 e. The number of carbonyl (C=O) groups is 3. The zero-order valence-electron chi connectivity index (χ0n) is 18.2. The van der Waals surface area contributed by atoms with Gasteiger partial charge in [0.1, 0.15) is 18.9 Å². The Morgan fingerprint density at radius 2 is 1.76 bits per heavy atom. The lowest BCUT2D eigenvalue weighted by Gasteiger charge is -2.20. The standard InChI is InChI=1S/C23H24N4O5S/c1-16(28)27(19-10-6-7-11-20(19)31-2)23-26-18(15-33-23)14-32-21(29)13-25-22(30)24-12-17-8-4-3-5-9-17/h3-11,15H,12-14H2,1-2H3,(H2,24,25,30). The Morgan fingerprint density at radius 3 is 2.48 bits per heavy atom. The van der Waals surface area contributed by atoms with Gasteiger partial charge in [-0.1, -0.05) is 42.5 Å². The van der Waals surface area contributed by atoms with Crippen LogP contribution in [0.2, 0.25) is 0 Å². The Morgan fingerprint density at radius 1 is 1.03 bits per heavy atom. The normalized spacial score (nSPS) is 10.2. The second-order valence-corrected chi connectivity index (χ2v) is 7.67. The Balaban J connectivity index is 1.50. The van der Waals surface area contributed by atoms with Crippen LogP contribution in [0.25, 0.3) is 0 Å². The molecule has 9 nitrogen and oxygen atoms in total. The molecule has 0 fully saturated rings. The number of benzene rings is 2. The second-order valence-electron chi connectivity index (χ2n) is 6.83. The van der Waals surface area contributed by atoms with Crippen LogP contribution in [0.4, 0.5) is 15.6 Å². The van der Waals surface area contributed by atoms with Crippen molar-refractivity contribution in [3.8, 4) is 5.75 Å². The number of anilines is 2. The summed E-state index contributed by atoms with van der Waals surface area (Å²) in [5.74, 6) is -0.303. The highest BCUT2D eigenvalue weighted by Gasteiger charge is 2.21. The van der Waals surface area contributed by atoms with Crippen molar-refractivity contribution in [1.29, 1.82) is 0 Å². The number of aromatic nitrogens is 1. The smallest absolute Gasteiger partial charge is 0.325 e. The molecule has 0 saturated carbocycles. The molecule has 0 unspecified atom stereocenters. The van der Waals surface area contributed by atoms with Crippen molar-refractivity contribution in [2.24, 2.45) is 0 Å². The van der Waals surface area contributed by atoms with E-state index in [1.807, 2.05) is 36.4 Å². The molecule has 33 heavy (non-hydrogen) atoms. The number of thiazole rings is 1. The SMILES string of the molecule is COc1ccccc1N(C(C)=O)c1nc(COC(=O)CNC(=O)NCc2ccccc2)cs1. The van der Waals surface area contributed by atoms with Crippen LogP contribution in [0.15, 0.2) is 60.0 Å². The van der Waals surface area contributed by atoms with Crippen LogP contribution in [0.3, 0.4) is 0 Å². The van der Waals surface area contributed by atoms with Gasteiger partial charge in [-0.05, 0) is 17.7 Å². The lowest BCUT2D eigenvalue weighted by molar-refractivity contribution is -0.143. The van der Waals surface area contributed by atoms with E-state index < -0.39 is 12.0 Å². The van der Waals surface area contributed by atoms with Crippen LogP contribution in [-0.4, -0.2) is 36.5 Å². The van der Waals surface area contributed by atoms with E-state index in [0.717, 1.165) is 5.56 Å². The number of para-hydroxylation sites is 2. The van der Waals surface area contributed by atoms with E-state index in [1.54, 1.807) is 23.6 Å². The Labute approximate surface area is 195 Å². The van der Waals surface area contributed by atoms with Crippen molar-refractivity contribution < 1.29 is 23.9 Å². The van der Waals surface area contributed by atoms with Crippen molar-refractivity contribution in [2.45, 2.75) is 20.1 Å². The first kappa shape index (κ1) is 23.7. The predicted octanol–water partition coefficient (Wildman–Crippen LogP) is 3.38. The third-order valence-corrected chi connectivity index (χ3v) is 5.32. The van der Waals surface area contributed by atoms with Crippen LogP contribution in [0.1, 0.15) is 18.2 Å². The van der Waals surface area contributed by atoms with Gasteiger partial charge in [-0.3, -0.25) is 14.5 Å². The number of urea groups is 1. The van der Waals surface area contributed by atoms with E-state index in [2.05, 4.69) is 15.6 Å². The fourth-order valence-corrected chi connectivity index (χ4v) is 3.75. The van der Waals surface area contributed by atoms with Gasteiger partial charge in [0, 0.05) is 18.8 Å². The van der Waals surface area contributed by atoms with Crippen molar-refractivity contribution in [3.05, 3.63) is 71.2 Å². The molecule has 0 aliphatic heterocycles. The zero-order valence-corrected chi connectivity index (χ0v) is 19.1. The molecule has 2 N–H and O–H groups in total. The number of rotatable bonds is 9. The first-order valence-electron chi connectivity index (χ1n) is 10.1. The van der Waals surface area contributed by atoms with Crippen LogP contribution in [0, 0.1) is 0 Å². The summed E-state index contributed by atoms with van der Waals surface area (Å²) in [4.78, 5) is 41.9. The lowest BCUT2D eigenvalue weighted by atomic mass is 10.2. The highest BCUT2D eigenvalue weighted by atomic mass is 32.1. The third kappa shape index (κ3) is 6.78. The molecule has 0 atom stereocenters. The van der Waals surface area contributed by atoms with Crippen molar-refractivity contribution >= 4 is 40.1 Å². The molecular formula is C23H24N4O5S. The number of amides is 3. The van der Waals surface area contributed by atoms with Gasteiger partial charge in [0.15, 0.2) is 5.13 Å². The van der Waals surface area contributed by atoms with Gasteiger partial charge in [0.25, 0.3) is 0 Å². The van der Waals surface area contributed by atoms with E-state index in [1.165, 1.54) is 30.3 Å². The molecule has 0 radical (unpaired) electrons. The van der Waals surface area contributed by atoms with Gasteiger partial charge in [0.05, 0.1) is 18.5 Å². The Bertz CT molecular complexity index is 1100.